The van der Waals surface area contributed by atoms with Crippen LogP contribution in [0.5, 0.6) is 0 Å². The number of rotatable bonds is 5. The number of carbonyl (C=O) groups is 2. The van der Waals surface area contributed by atoms with Crippen LogP contribution in [0.15, 0.2) is 15.9 Å². The monoisotopic (exact) mass is 383 g/mol. The molecule has 20 heavy (non-hydrogen) atoms. The van der Waals surface area contributed by atoms with Gasteiger partial charge in [-0.2, -0.15) is 0 Å². The van der Waals surface area contributed by atoms with Crippen LogP contribution in [0.2, 0.25) is 0 Å². The quantitative estimate of drug-likeness (QED) is 0.842. The molecule has 1 rings (SSSR count). The normalized spacial score (nSPS) is 11.4. The van der Waals surface area contributed by atoms with Crippen molar-refractivity contribution in [3.63, 3.8) is 0 Å². The summed E-state index contributed by atoms with van der Waals surface area (Å²) in [4.78, 5) is 27.6. The summed E-state index contributed by atoms with van der Waals surface area (Å²) in [6.07, 6.45) is 0. The van der Waals surface area contributed by atoms with Crippen molar-refractivity contribution in [2.75, 3.05) is 27.2 Å². The molecule has 0 saturated carbocycles. The van der Waals surface area contributed by atoms with Crippen LogP contribution in [-0.2, 0) is 4.79 Å². The lowest BCUT2D eigenvalue weighted by Gasteiger charge is -2.26. The van der Waals surface area contributed by atoms with Crippen LogP contribution in [-0.4, -0.2) is 54.8 Å². The lowest BCUT2D eigenvalue weighted by Crippen LogP contribution is -2.45. The van der Waals surface area contributed by atoms with Gasteiger partial charge in [-0.3, -0.25) is 9.59 Å². The van der Waals surface area contributed by atoms with E-state index in [0.29, 0.717) is 11.4 Å². The van der Waals surface area contributed by atoms with Crippen molar-refractivity contribution in [3.05, 3.63) is 20.8 Å². The largest absolute Gasteiger partial charge is 0.340 e. The molecule has 0 bridgehead atoms. The van der Waals surface area contributed by atoms with Gasteiger partial charge in [-0.25, -0.2) is 0 Å². The van der Waals surface area contributed by atoms with E-state index in [1.54, 1.807) is 25.1 Å². The van der Waals surface area contributed by atoms with Gasteiger partial charge in [-0.05, 0) is 35.0 Å². The van der Waals surface area contributed by atoms with Crippen molar-refractivity contribution < 1.29 is 9.59 Å². The van der Waals surface area contributed by atoms with Gasteiger partial charge in [0.15, 0.2) is 0 Å². The zero-order chi connectivity index (χ0) is 14.6. The molecule has 1 aromatic heterocycles. The van der Waals surface area contributed by atoms with Crippen LogP contribution in [0.4, 0.5) is 0 Å². The molecule has 2 N–H and O–H groups in total. The van der Waals surface area contributed by atoms with Gasteiger partial charge in [-0.15, -0.1) is 23.7 Å². The average Bonchev–Trinajstić information content (AvgIpc) is 2.82. The molecule has 2 amide bonds. The Labute approximate surface area is 137 Å². The number of likely N-dealkylation sites (N-methyl/N-ethyl adjacent to an activating group) is 2. The van der Waals surface area contributed by atoms with E-state index in [9.17, 15) is 9.59 Å². The average molecular weight is 385 g/mol. The minimum absolute atomic E-state index is 0. The number of hydrogen-bond donors (Lipinski definition) is 1. The zero-order valence-corrected chi connectivity index (χ0v) is 14.8. The highest BCUT2D eigenvalue weighted by Crippen LogP contribution is 2.23. The molecule has 0 spiro atoms. The van der Waals surface area contributed by atoms with Crippen LogP contribution in [0.25, 0.3) is 0 Å². The molecule has 0 aliphatic carbocycles. The molecule has 1 heterocycles. The summed E-state index contributed by atoms with van der Waals surface area (Å²) in [6.45, 7) is 2.32. The first-order chi connectivity index (χ1) is 8.86. The highest BCUT2D eigenvalue weighted by molar-refractivity contribution is 9.11. The number of nitrogens with zero attached hydrogens (tertiary/aromatic N) is 2. The summed E-state index contributed by atoms with van der Waals surface area (Å²) >= 11 is 4.66. The molecule has 0 aromatic carbocycles. The predicted octanol–water partition coefficient (Wildman–Crippen LogP) is 1.81. The zero-order valence-electron chi connectivity index (χ0n) is 11.6. The van der Waals surface area contributed by atoms with E-state index in [1.807, 2.05) is 13.0 Å². The first-order valence-corrected chi connectivity index (χ1v) is 7.44. The Kier molecular flexibility index (Phi) is 8.34. The third kappa shape index (κ3) is 5.05. The molecular formula is C12H19BrClN3O2S. The molecule has 0 radical (unpaired) electrons. The summed E-state index contributed by atoms with van der Waals surface area (Å²) in [5.74, 6) is -0.276. The van der Waals surface area contributed by atoms with Crippen molar-refractivity contribution in [1.29, 1.82) is 0 Å². The molecule has 8 heteroatoms. The van der Waals surface area contributed by atoms with Crippen molar-refractivity contribution in [3.8, 4) is 0 Å². The highest BCUT2D eigenvalue weighted by Gasteiger charge is 2.20. The Morgan fingerprint density at radius 1 is 1.40 bits per heavy atom. The second kappa shape index (κ2) is 8.61. The molecule has 1 unspecified atom stereocenters. The van der Waals surface area contributed by atoms with Crippen molar-refractivity contribution in [2.24, 2.45) is 5.73 Å². The molecule has 5 nitrogen and oxygen atoms in total. The minimum Gasteiger partial charge on any atom is -0.340 e. The Balaban J connectivity index is 0.00000361. The maximum Gasteiger partial charge on any atom is 0.264 e. The molecule has 1 aromatic rings. The molecule has 0 saturated heterocycles. The molecule has 0 aliphatic heterocycles. The topological polar surface area (TPSA) is 66.6 Å². The van der Waals surface area contributed by atoms with E-state index < -0.39 is 0 Å². The fourth-order valence-electron chi connectivity index (χ4n) is 1.41. The summed E-state index contributed by atoms with van der Waals surface area (Å²) in [5, 5.41) is 0. The highest BCUT2D eigenvalue weighted by atomic mass is 79.9. The Bertz CT molecular complexity index is 469. The third-order valence-electron chi connectivity index (χ3n) is 2.90. The lowest BCUT2D eigenvalue weighted by atomic mass is 10.3. The molecular weight excluding hydrogens is 366 g/mol. The first kappa shape index (κ1) is 19.4. The van der Waals surface area contributed by atoms with E-state index in [-0.39, 0.29) is 36.8 Å². The molecule has 0 fully saturated rings. The van der Waals surface area contributed by atoms with Crippen molar-refractivity contribution >= 4 is 51.5 Å². The Morgan fingerprint density at radius 3 is 2.45 bits per heavy atom. The summed E-state index contributed by atoms with van der Waals surface area (Å²) in [6, 6.07) is 3.52. The number of carbonyl (C=O) groups excluding carboxylic acids is 2. The van der Waals surface area contributed by atoms with E-state index in [4.69, 9.17) is 5.73 Å². The number of halogens is 2. The third-order valence-corrected chi connectivity index (χ3v) is 4.51. The standard InChI is InChI=1S/C12H18BrN3O2S.ClH/c1-8(6-14)16(3)11(17)7-15(2)12(18)9-4-5-10(13)19-9;/h4-5,8H,6-7,14H2,1-3H3;1H. The SMILES string of the molecule is CC(CN)N(C)C(=O)CN(C)C(=O)c1ccc(Br)s1.Cl. The van der Waals surface area contributed by atoms with Gasteiger partial charge in [-0.1, -0.05) is 0 Å². The smallest absolute Gasteiger partial charge is 0.264 e. The maximum absolute atomic E-state index is 12.1. The molecule has 1 atom stereocenters. The number of thiophene rings is 1. The van der Waals surface area contributed by atoms with Gasteiger partial charge in [0, 0.05) is 26.7 Å². The van der Waals surface area contributed by atoms with Crippen LogP contribution in [0.3, 0.4) is 0 Å². The first-order valence-electron chi connectivity index (χ1n) is 5.83. The molecule has 0 aliphatic rings. The number of amides is 2. The van der Waals surface area contributed by atoms with E-state index in [1.165, 1.54) is 16.2 Å². The Morgan fingerprint density at radius 2 is 2.00 bits per heavy atom. The van der Waals surface area contributed by atoms with Crippen LogP contribution in [0, 0.1) is 0 Å². The van der Waals surface area contributed by atoms with Gasteiger partial charge in [0.1, 0.15) is 0 Å². The second-order valence-electron chi connectivity index (χ2n) is 4.35. The van der Waals surface area contributed by atoms with E-state index >= 15 is 0 Å². The minimum atomic E-state index is -0.155. The van der Waals surface area contributed by atoms with Crippen molar-refractivity contribution in [2.45, 2.75) is 13.0 Å². The van der Waals surface area contributed by atoms with Gasteiger partial charge >= 0.3 is 0 Å². The number of hydrogen-bond acceptors (Lipinski definition) is 4. The van der Waals surface area contributed by atoms with Crippen molar-refractivity contribution in [1.82, 2.24) is 9.80 Å². The number of nitrogens with two attached hydrogens (primary N) is 1. The fourth-order valence-corrected chi connectivity index (χ4v) is 2.79. The second-order valence-corrected chi connectivity index (χ2v) is 6.82. The van der Waals surface area contributed by atoms with Crippen LogP contribution >= 0.6 is 39.7 Å². The van der Waals surface area contributed by atoms with Gasteiger partial charge in [0.05, 0.1) is 15.2 Å². The van der Waals surface area contributed by atoms with Crippen LogP contribution in [0.1, 0.15) is 16.6 Å². The van der Waals surface area contributed by atoms with Crippen LogP contribution < -0.4 is 5.73 Å². The summed E-state index contributed by atoms with van der Waals surface area (Å²) in [5.41, 5.74) is 5.52. The fraction of sp³-hybridized carbons (Fsp3) is 0.500. The van der Waals surface area contributed by atoms with Gasteiger partial charge < -0.3 is 15.5 Å². The summed E-state index contributed by atoms with van der Waals surface area (Å²) in [7, 11) is 3.31. The van der Waals surface area contributed by atoms with E-state index in [2.05, 4.69) is 15.9 Å². The lowest BCUT2D eigenvalue weighted by molar-refractivity contribution is -0.131. The Hall–Kier alpha value is -0.630. The van der Waals surface area contributed by atoms with Gasteiger partial charge in [0.25, 0.3) is 5.91 Å². The predicted molar refractivity (Wildman–Crippen MR) is 87.5 cm³/mol. The van der Waals surface area contributed by atoms with Gasteiger partial charge in [0.2, 0.25) is 5.91 Å². The van der Waals surface area contributed by atoms with E-state index in [0.717, 1.165) is 3.79 Å². The maximum atomic E-state index is 12.1. The molecule has 114 valence electrons. The summed E-state index contributed by atoms with van der Waals surface area (Å²) < 4.78 is 0.893.